The summed E-state index contributed by atoms with van der Waals surface area (Å²) in [5, 5.41) is 3.36. The van der Waals surface area contributed by atoms with Crippen molar-refractivity contribution in [2.24, 2.45) is 0 Å². The Hall–Kier alpha value is -2.07. The van der Waals surface area contributed by atoms with E-state index in [-0.39, 0.29) is 6.04 Å². The third kappa shape index (κ3) is 3.95. The zero-order valence-corrected chi connectivity index (χ0v) is 12.8. The molecule has 0 aliphatic carbocycles. The van der Waals surface area contributed by atoms with Crippen molar-refractivity contribution in [3.05, 3.63) is 53.9 Å². The minimum absolute atomic E-state index is 0.235. The fourth-order valence-corrected chi connectivity index (χ4v) is 2.42. The lowest BCUT2D eigenvalue weighted by molar-refractivity contribution is 0.384. The van der Waals surface area contributed by atoms with E-state index in [9.17, 15) is 0 Å². The van der Waals surface area contributed by atoms with Crippen LogP contribution in [0.4, 0.5) is 0 Å². The van der Waals surface area contributed by atoms with E-state index in [1.54, 1.807) is 14.2 Å². The van der Waals surface area contributed by atoms with Crippen LogP contribution < -0.4 is 14.8 Å². The smallest absolute Gasteiger partial charge is 0.127 e. The number of nitrogens with zero attached hydrogens (tertiary/aromatic N) is 1. The molecule has 0 saturated carbocycles. The van der Waals surface area contributed by atoms with E-state index in [0.29, 0.717) is 0 Å². The fourth-order valence-electron chi connectivity index (χ4n) is 2.42. The number of pyridine rings is 1. The molecule has 0 aliphatic rings. The summed E-state index contributed by atoms with van der Waals surface area (Å²) in [6.45, 7) is 0. The zero-order valence-electron chi connectivity index (χ0n) is 12.8. The van der Waals surface area contributed by atoms with Crippen LogP contribution in [0.15, 0.2) is 42.7 Å². The van der Waals surface area contributed by atoms with Gasteiger partial charge in [-0.15, -0.1) is 0 Å². The molecular weight excluding hydrogens is 264 g/mol. The summed E-state index contributed by atoms with van der Waals surface area (Å²) < 4.78 is 10.7. The highest BCUT2D eigenvalue weighted by atomic mass is 16.5. The van der Waals surface area contributed by atoms with Crippen LogP contribution in [0.25, 0.3) is 0 Å². The lowest BCUT2D eigenvalue weighted by Crippen LogP contribution is -2.18. The van der Waals surface area contributed by atoms with Gasteiger partial charge >= 0.3 is 0 Å². The Morgan fingerprint density at radius 1 is 1.10 bits per heavy atom. The molecule has 1 unspecified atom stereocenters. The molecule has 1 aromatic carbocycles. The van der Waals surface area contributed by atoms with Crippen LogP contribution in [-0.2, 0) is 6.42 Å². The van der Waals surface area contributed by atoms with Gasteiger partial charge in [0.05, 0.1) is 14.2 Å². The van der Waals surface area contributed by atoms with Gasteiger partial charge in [-0.05, 0) is 43.7 Å². The van der Waals surface area contributed by atoms with Gasteiger partial charge in [-0.25, -0.2) is 0 Å². The van der Waals surface area contributed by atoms with Gasteiger partial charge in [0.1, 0.15) is 11.5 Å². The van der Waals surface area contributed by atoms with Gasteiger partial charge in [-0.2, -0.15) is 0 Å². The predicted octanol–water partition coefficient (Wildman–Crippen LogP) is 2.99. The van der Waals surface area contributed by atoms with Crippen molar-refractivity contribution < 1.29 is 9.47 Å². The Bertz CT molecular complexity index is 558. The molecule has 0 fully saturated rings. The molecule has 4 heteroatoms. The topological polar surface area (TPSA) is 43.4 Å². The summed E-state index contributed by atoms with van der Waals surface area (Å²) in [5.74, 6) is 1.66. The second-order valence-corrected chi connectivity index (χ2v) is 4.84. The van der Waals surface area contributed by atoms with Crippen molar-refractivity contribution in [1.82, 2.24) is 10.3 Å². The number of benzene rings is 1. The van der Waals surface area contributed by atoms with E-state index in [1.807, 2.05) is 31.6 Å². The van der Waals surface area contributed by atoms with Crippen LogP contribution in [0.1, 0.15) is 23.6 Å². The van der Waals surface area contributed by atoms with Gasteiger partial charge in [0.15, 0.2) is 0 Å². The van der Waals surface area contributed by atoms with Gasteiger partial charge in [0.25, 0.3) is 0 Å². The van der Waals surface area contributed by atoms with Gasteiger partial charge in [-0.1, -0.05) is 6.07 Å². The lowest BCUT2D eigenvalue weighted by Gasteiger charge is -2.20. The average Bonchev–Trinajstić information content (AvgIpc) is 2.56. The van der Waals surface area contributed by atoms with Crippen molar-refractivity contribution >= 4 is 0 Å². The molecule has 1 N–H and O–H groups in total. The number of methoxy groups -OCH3 is 2. The van der Waals surface area contributed by atoms with Gasteiger partial charge in [0.2, 0.25) is 0 Å². The van der Waals surface area contributed by atoms with E-state index in [2.05, 4.69) is 28.5 Å². The monoisotopic (exact) mass is 286 g/mol. The normalized spacial score (nSPS) is 12.0. The van der Waals surface area contributed by atoms with Gasteiger partial charge in [-0.3, -0.25) is 4.98 Å². The molecule has 0 aliphatic heterocycles. The van der Waals surface area contributed by atoms with Crippen LogP contribution in [0, 0.1) is 0 Å². The first-order chi connectivity index (χ1) is 10.3. The summed E-state index contributed by atoms with van der Waals surface area (Å²) in [5.41, 5.74) is 2.44. The number of hydrogen-bond acceptors (Lipinski definition) is 4. The van der Waals surface area contributed by atoms with Crippen LogP contribution in [0.3, 0.4) is 0 Å². The largest absolute Gasteiger partial charge is 0.497 e. The van der Waals surface area contributed by atoms with Crippen molar-refractivity contribution in [1.29, 1.82) is 0 Å². The predicted molar refractivity (Wildman–Crippen MR) is 83.9 cm³/mol. The second kappa shape index (κ2) is 7.64. The third-order valence-electron chi connectivity index (χ3n) is 3.64. The van der Waals surface area contributed by atoms with Gasteiger partial charge in [0, 0.05) is 30.1 Å². The molecule has 0 saturated heterocycles. The minimum Gasteiger partial charge on any atom is -0.497 e. The molecule has 1 aromatic heterocycles. The van der Waals surface area contributed by atoms with E-state index in [0.717, 1.165) is 29.9 Å². The highest BCUT2D eigenvalue weighted by Crippen LogP contribution is 2.31. The summed E-state index contributed by atoms with van der Waals surface area (Å²) in [7, 11) is 5.32. The molecule has 2 aromatic rings. The number of nitrogens with one attached hydrogen (secondary N) is 1. The molecule has 1 atom stereocenters. The van der Waals surface area contributed by atoms with Gasteiger partial charge < -0.3 is 14.8 Å². The van der Waals surface area contributed by atoms with Crippen LogP contribution in [0.5, 0.6) is 11.5 Å². The third-order valence-corrected chi connectivity index (χ3v) is 3.64. The van der Waals surface area contributed by atoms with Crippen LogP contribution in [0.2, 0.25) is 0 Å². The molecule has 21 heavy (non-hydrogen) atoms. The first kappa shape index (κ1) is 15.3. The molecule has 0 radical (unpaired) electrons. The minimum atomic E-state index is 0.235. The molecule has 0 amide bonds. The molecular formula is C17H22N2O2. The Morgan fingerprint density at radius 2 is 1.86 bits per heavy atom. The highest BCUT2D eigenvalue weighted by Gasteiger charge is 2.15. The summed E-state index contributed by atoms with van der Waals surface area (Å²) in [4.78, 5) is 4.05. The van der Waals surface area contributed by atoms with Crippen LogP contribution in [-0.4, -0.2) is 26.3 Å². The molecule has 1 heterocycles. The molecule has 0 spiro atoms. The van der Waals surface area contributed by atoms with Crippen molar-refractivity contribution in [3.63, 3.8) is 0 Å². The quantitative estimate of drug-likeness (QED) is 0.849. The number of hydrogen-bond donors (Lipinski definition) is 1. The van der Waals surface area contributed by atoms with E-state index >= 15 is 0 Å². The molecule has 4 nitrogen and oxygen atoms in total. The summed E-state index contributed by atoms with van der Waals surface area (Å²) in [6, 6.07) is 10.3. The molecule has 0 bridgehead atoms. The zero-order chi connectivity index (χ0) is 15.1. The highest BCUT2D eigenvalue weighted by molar-refractivity contribution is 5.42. The lowest BCUT2D eigenvalue weighted by atomic mass is 9.98. The summed E-state index contributed by atoms with van der Waals surface area (Å²) in [6.07, 6.45) is 5.64. The number of ether oxygens (including phenoxy) is 2. The fraction of sp³-hybridized carbons (Fsp3) is 0.353. The molecule has 112 valence electrons. The SMILES string of the molecule is CNC(CCc1ccncc1)c1ccc(OC)cc1OC. The van der Waals surface area contributed by atoms with E-state index in [1.165, 1.54) is 5.56 Å². The molecule has 2 rings (SSSR count). The first-order valence-electron chi connectivity index (χ1n) is 7.06. The Kier molecular flexibility index (Phi) is 5.58. The van der Waals surface area contributed by atoms with E-state index < -0.39 is 0 Å². The van der Waals surface area contributed by atoms with E-state index in [4.69, 9.17) is 9.47 Å². The maximum atomic E-state index is 5.49. The maximum absolute atomic E-state index is 5.49. The van der Waals surface area contributed by atoms with Crippen molar-refractivity contribution in [3.8, 4) is 11.5 Å². The Labute approximate surface area is 126 Å². The Morgan fingerprint density at radius 3 is 2.48 bits per heavy atom. The number of rotatable bonds is 7. The maximum Gasteiger partial charge on any atom is 0.127 e. The number of aromatic nitrogens is 1. The number of aryl methyl sites for hydroxylation is 1. The second-order valence-electron chi connectivity index (χ2n) is 4.84. The summed E-state index contributed by atoms with van der Waals surface area (Å²) >= 11 is 0. The van der Waals surface area contributed by atoms with Crippen molar-refractivity contribution in [2.75, 3.05) is 21.3 Å². The first-order valence-corrected chi connectivity index (χ1v) is 7.06. The average molecular weight is 286 g/mol. The van der Waals surface area contributed by atoms with Crippen LogP contribution >= 0.6 is 0 Å². The standard InChI is InChI=1S/C17H22N2O2/c1-18-16(7-4-13-8-10-19-11-9-13)15-6-5-14(20-2)12-17(15)21-3/h5-6,8-12,16,18H,4,7H2,1-3H3. The van der Waals surface area contributed by atoms with Crippen molar-refractivity contribution in [2.45, 2.75) is 18.9 Å². The Balaban J connectivity index is 2.13.